The normalized spacial score (nSPS) is 18.3. The van der Waals surface area contributed by atoms with Crippen LogP contribution >= 0.6 is 0 Å². The number of amides is 2. The minimum Gasteiger partial charge on any atom is -0.480 e. The molecule has 2 aliphatic rings. The summed E-state index contributed by atoms with van der Waals surface area (Å²) >= 11 is 0. The average Bonchev–Trinajstić information content (AvgIpc) is 3.41. The molecule has 1 heterocycles. The average molecular weight is 357 g/mol. The molecule has 138 valence electrons. The van der Waals surface area contributed by atoms with Gasteiger partial charge in [-0.2, -0.15) is 5.10 Å². The van der Waals surface area contributed by atoms with Crippen LogP contribution in [-0.4, -0.2) is 34.6 Å². The first kappa shape index (κ1) is 18.1. The summed E-state index contributed by atoms with van der Waals surface area (Å²) in [6, 6.07) is 4.78. The molecular formula is C19H23N3O4. The van der Waals surface area contributed by atoms with Gasteiger partial charge in [-0.25, -0.2) is 9.80 Å². The van der Waals surface area contributed by atoms with Crippen LogP contribution in [-0.2, 0) is 14.4 Å². The van der Waals surface area contributed by atoms with Gasteiger partial charge in [0.1, 0.15) is 11.8 Å². The van der Waals surface area contributed by atoms with Gasteiger partial charge in [-0.1, -0.05) is 25.0 Å². The van der Waals surface area contributed by atoms with Gasteiger partial charge in [-0.3, -0.25) is 9.59 Å². The maximum absolute atomic E-state index is 12.5. The van der Waals surface area contributed by atoms with Crippen LogP contribution in [0.15, 0.2) is 23.3 Å². The maximum Gasteiger partial charge on any atom is 0.326 e. The molecule has 0 radical (unpaired) electrons. The standard InChI is InChI=1S/C19H23N3O4/c1-11-3-4-12(2)16(9-11)22-17(23)8-7-14(21-22)18(24)20-15(19(25)26)10-13-5-6-13/h3-4,9,13,15H,5-8,10H2,1-2H3,(H,20,24)(H,25,26). The van der Waals surface area contributed by atoms with Gasteiger partial charge < -0.3 is 10.4 Å². The Labute approximate surface area is 152 Å². The molecule has 26 heavy (non-hydrogen) atoms. The van der Waals surface area contributed by atoms with E-state index in [9.17, 15) is 19.5 Å². The molecule has 1 aromatic carbocycles. The molecule has 3 rings (SSSR count). The summed E-state index contributed by atoms with van der Waals surface area (Å²) in [5, 5.41) is 17.4. The monoisotopic (exact) mass is 357 g/mol. The quantitative estimate of drug-likeness (QED) is 0.815. The number of carbonyl (C=O) groups excluding carboxylic acids is 2. The Balaban J connectivity index is 1.80. The lowest BCUT2D eigenvalue weighted by atomic mass is 10.1. The van der Waals surface area contributed by atoms with Crippen LogP contribution in [0.1, 0.15) is 43.2 Å². The molecule has 1 aliphatic carbocycles. The van der Waals surface area contributed by atoms with Crippen LogP contribution in [0.4, 0.5) is 5.69 Å². The van der Waals surface area contributed by atoms with E-state index < -0.39 is 17.9 Å². The molecule has 1 atom stereocenters. The number of aryl methyl sites for hydroxylation is 2. The Morgan fingerprint density at radius 1 is 1.31 bits per heavy atom. The van der Waals surface area contributed by atoms with E-state index in [0.717, 1.165) is 24.0 Å². The number of hydrogen-bond donors (Lipinski definition) is 2. The van der Waals surface area contributed by atoms with Crippen molar-refractivity contribution in [3.05, 3.63) is 29.3 Å². The third kappa shape index (κ3) is 4.09. The molecule has 2 N–H and O–H groups in total. The first-order valence-corrected chi connectivity index (χ1v) is 8.86. The number of hydrazone groups is 1. The van der Waals surface area contributed by atoms with E-state index in [0.29, 0.717) is 18.0 Å². The number of hydrogen-bond acceptors (Lipinski definition) is 4. The van der Waals surface area contributed by atoms with Crippen molar-refractivity contribution in [1.82, 2.24) is 5.32 Å². The molecule has 7 nitrogen and oxygen atoms in total. The van der Waals surface area contributed by atoms with Crippen LogP contribution in [0, 0.1) is 19.8 Å². The van der Waals surface area contributed by atoms with Gasteiger partial charge in [0.2, 0.25) is 5.91 Å². The van der Waals surface area contributed by atoms with E-state index in [1.54, 1.807) is 0 Å². The molecule has 1 fully saturated rings. The number of carboxylic acid groups (broad SMARTS) is 1. The molecule has 0 aromatic heterocycles. The summed E-state index contributed by atoms with van der Waals surface area (Å²) in [6.45, 7) is 3.80. The highest BCUT2D eigenvalue weighted by Gasteiger charge is 2.32. The van der Waals surface area contributed by atoms with E-state index in [-0.39, 0.29) is 24.5 Å². The second-order valence-electron chi connectivity index (χ2n) is 7.09. The smallest absolute Gasteiger partial charge is 0.326 e. The first-order chi connectivity index (χ1) is 12.3. The van der Waals surface area contributed by atoms with Gasteiger partial charge in [0.05, 0.1) is 5.69 Å². The Morgan fingerprint density at radius 3 is 2.69 bits per heavy atom. The molecule has 1 saturated carbocycles. The molecule has 0 bridgehead atoms. The lowest BCUT2D eigenvalue weighted by Crippen LogP contribution is -2.46. The molecule has 2 amide bonds. The number of benzene rings is 1. The van der Waals surface area contributed by atoms with Gasteiger partial charge in [-0.05, 0) is 43.4 Å². The van der Waals surface area contributed by atoms with E-state index in [4.69, 9.17) is 0 Å². The summed E-state index contributed by atoms with van der Waals surface area (Å²) < 4.78 is 0. The zero-order chi connectivity index (χ0) is 18.8. The van der Waals surface area contributed by atoms with Crippen molar-refractivity contribution in [3.8, 4) is 0 Å². The van der Waals surface area contributed by atoms with Gasteiger partial charge in [-0.15, -0.1) is 0 Å². The SMILES string of the molecule is Cc1ccc(C)c(N2N=C(C(=O)NC(CC3CC3)C(=O)O)CCC2=O)c1. The predicted octanol–water partition coefficient (Wildman–Crippen LogP) is 2.16. The first-order valence-electron chi connectivity index (χ1n) is 8.86. The van der Waals surface area contributed by atoms with Crippen molar-refractivity contribution in [3.63, 3.8) is 0 Å². The Kier molecular flexibility index (Phi) is 5.06. The molecular weight excluding hydrogens is 334 g/mol. The van der Waals surface area contributed by atoms with Crippen molar-refractivity contribution < 1.29 is 19.5 Å². The fourth-order valence-corrected chi connectivity index (χ4v) is 3.00. The van der Waals surface area contributed by atoms with Crippen molar-refractivity contribution in [2.75, 3.05) is 5.01 Å². The fraction of sp³-hybridized carbons (Fsp3) is 0.474. The highest BCUT2D eigenvalue weighted by Crippen LogP contribution is 2.33. The van der Waals surface area contributed by atoms with E-state index >= 15 is 0 Å². The van der Waals surface area contributed by atoms with Gasteiger partial charge in [0.15, 0.2) is 0 Å². The number of carbonyl (C=O) groups is 3. The van der Waals surface area contributed by atoms with Crippen molar-refractivity contribution >= 4 is 29.2 Å². The number of carboxylic acids is 1. The summed E-state index contributed by atoms with van der Waals surface area (Å²) in [4.78, 5) is 36.2. The van der Waals surface area contributed by atoms with Crippen molar-refractivity contribution in [2.24, 2.45) is 11.0 Å². The third-order valence-electron chi connectivity index (χ3n) is 4.76. The third-order valence-corrected chi connectivity index (χ3v) is 4.76. The second kappa shape index (κ2) is 7.27. The van der Waals surface area contributed by atoms with E-state index in [1.807, 2.05) is 32.0 Å². The number of anilines is 1. The summed E-state index contributed by atoms with van der Waals surface area (Å²) in [6.07, 6.45) is 2.83. The van der Waals surface area contributed by atoms with Crippen molar-refractivity contribution in [1.29, 1.82) is 0 Å². The number of nitrogens with one attached hydrogen (secondary N) is 1. The van der Waals surface area contributed by atoms with Crippen LogP contribution in [0.25, 0.3) is 0 Å². The highest BCUT2D eigenvalue weighted by molar-refractivity contribution is 6.40. The largest absolute Gasteiger partial charge is 0.480 e. The number of rotatable bonds is 6. The predicted molar refractivity (Wildman–Crippen MR) is 97.0 cm³/mol. The minimum atomic E-state index is -1.04. The molecule has 0 saturated heterocycles. The summed E-state index contributed by atoms with van der Waals surface area (Å²) in [7, 11) is 0. The van der Waals surface area contributed by atoms with E-state index in [2.05, 4.69) is 10.4 Å². The second-order valence-corrected chi connectivity index (χ2v) is 7.09. The van der Waals surface area contributed by atoms with Crippen LogP contribution in [0.5, 0.6) is 0 Å². The van der Waals surface area contributed by atoms with Crippen LogP contribution in [0.3, 0.4) is 0 Å². The van der Waals surface area contributed by atoms with E-state index in [1.165, 1.54) is 5.01 Å². The summed E-state index contributed by atoms with van der Waals surface area (Å²) in [5.74, 6) is -1.36. The van der Waals surface area contributed by atoms with Gasteiger partial charge in [0, 0.05) is 12.8 Å². The Morgan fingerprint density at radius 2 is 2.04 bits per heavy atom. The lowest BCUT2D eigenvalue weighted by Gasteiger charge is -2.25. The topological polar surface area (TPSA) is 99.1 Å². The Bertz CT molecular complexity index is 783. The number of nitrogens with zero attached hydrogens (tertiary/aromatic N) is 2. The molecule has 0 spiro atoms. The van der Waals surface area contributed by atoms with Crippen LogP contribution in [0.2, 0.25) is 0 Å². The highest BCUT2D eigenvalue weighted by atomic mass is 16.4. The fourth-order valence-electron chi connectivity index (χ4n) is 3.00. The molecule has 1 aliphatic heterocycles. The summed E-state index contributed by atoms with van der Waals surface area (Å²) in [5.41, 5.74) is 2.70. The van der Waals surface area contributed by atoms with Gasteiger partial charge in [0.25, 0.3) is 5.91 Å². The molecule has 1 unspecified atom stereocenters. The number of aliphatic carboxylic acids is 1. The zero-order valence-corrected chi connectivity index (χ0v) is 15.0. The lowest BCUT2D eigenvalue weighted by molar-refractivity contribution is -0.141. The molecule has 7 heteroatoms. The zero-order valence-electron chi connectivity index (χ0n) is 15.0. The van der Waals surface area contributed by atoms with Crippen molar-refractivity contribution in [2.45, 2.75) is 52.0 Å². The van der Waals surface area contributed by atoms with Gasteiger partial charge >= 0.3 is 5.97 Å². The van der Waals surface area contributed by atoms with Crippen LogP contribution < -0.4 is 10.3 Å². The maximum atomic E-state index is 12.5. The minimum absolute atomic E-state index is 0.167. The molecule has 1 aromatic rings. The Hall–Kier alpha value is -2.70.